The van der Waals surface area contributed by atoms with Crippen LogP contribution in [0.4, 0.5) is 18.9 Å². The lowest BCUT2D eigenvalue weighted by Gasteiger charge is -2.20. The molecule has 2 aromatic carbocycles. The number of anilines is 1. The molecule has 1 aliphatic heterocycles. The van der Waals surface area contributed by atoms with Crippen LogP contribution in [0, 0.1) is 0 Å². The summed E-state index contributed by atoms with van der Waals surface area (Å²) in [7, 11) is -2.07. The fourth-order valence-corrected chi connectivity index (χ4v) is 5.28. The molecular formula is C22H25F3N2O3S. The highest BCUT2D eigenvalue weighted by Crippen LogP contribution is 2.39. The van der Waals surface area contributed by atoms with Crippen LogP contribution in [0.25, 0.3) is 0 Å². The van der Waals surface area contributed by atoms with Gasteiger partial charge in [0, 0.05) is 19.2 Å². The van der Waals surface area contributed by atoms with Gasteiger partial charge in [-0.25, -0.2) is 8.42 Å². The number of likely N-dealkylation sites (N-methyl/N-ethyl adjacent to an activating group) is 1. The van der Waals surface area contributed by atoms with Crippen molar-refractivity contribution in [3.8, 4) is 5.75 Å². The molecule has 31 heavy (non-hydrogen) atoms. The second-order valence-electron chi connectivity index (χ2n) is 8.24. The molecule has 0 spiro atoms. The number of alkyl halides is 3. The number of nitrogens with zero attached hydrogens (tertiary/aromatic N) is 1. The zero-order valence-electron chi connectivity index (χ0n) is 17.2. The zero-order valence-corrected chi connectivity index (χ0v) is 18.0. The Kier molecular flexibility index (Phi) is 5.91. The average Bonchev–Trinajstić information content (AvgIpc) is 3.11. The minimum Gasteiger partial charge on any atom is -0.488 e. The molecule has 1 unspecified atom stereocenters. The molecule has 1 atom stereocenters. The summed E-state index contributed by atoms with van der Waals surface area (Å²) >= 11 is 0. The van der Waals surface area contributed by atoms with Gasteiger partial charge in [-0.3, -0.25) is 4.72 Å². The van der Waals surface area contributed by atoms with Gasteiger partial charge in [0.2, 0.25) is 0 Å². The van der Waals surface area contributed by atoms with Crippen molar-refractivity contribution in [1.82, 2.24) is 4.90 Å². The minimum atomic E-state index is -4.60. The van der Waals surface area contributed by atoms with E-state index < -0.39 is 21.8 Å². The highest BCUT2D eigenvalue weighted by atomic mass is 32.2. The third-order valence-corrected chi connectivity index (χ3v) is 7.19. The van der Waals surface area contributed by atoms with E-state index in [1.807, 2.05) is 18.0 Å². The number of ether oxygens (including phenoxy) is 1. The number of aryl methyl sites for hydroxylation is 2. The Balaban J connectivity index is 1.61. The first-order chi connectivity index (χ1) is 14.6. The predicted octanol–water partition coefficient (Wildman–Crippen LogP) is 4.47. The maximum Gasteiger partial charge on any atom is 0.419 e. The summed E-state index contributed by atoms with van der Waals surface area (Å²) in [5.41, 5.74) is 1.28. The van der Waals surface area contributed by atoms with Crippen LogP contribution < -0.4 is 9.46 Å². The van der Waals surface area contributed by atoms with Gasteiger partial charge in [-0.05, 0) is 74.5 Å². The second-order valence-corrected chi connectivity index (χ2v) is 9.93. The Bertz CT molecular complexity index is 1070. The normalized spacial score (nSPS) is 19.8. The summed E-state index contributed by atoms with van der Waals surface area (Å²) in [4.78, 5) is 2.08. The molecule has 2 aliphatic rings. The SMILES string of the molecule is CN1CCC(Oc2cc(NS(=O)(=O)c3ccc4c(c3)CCCC4)ccc2C(F)(F)F)C1. The fourth-order valence-electron chi connectivity index (χ4n) is 4.18. The van der Waals surface area contributed by atoms with E-state index in [-0.39, 0.29) is 22.4 Å². The third kappa shape index (κ3) is 4.98. The molecule has 1 saturated heterocycles. The molecule has 0 saturated carbocycles. The Labute approximate surface area is 180 Å². The largest absolute Gasteiger partial charge is 0.488 e. The standard InChI is InChI=1S/C22H25F3N2O3S/c1-27-11-10-18(14-27)30-21-13-17(7-9-20(21)22(23,24)25)26-31(28,29)19-8-6-15-4-2-3-5-16(15)12-19/h6-9,12-13,18,26H,2-5,10-11,14H2,1H3. The van der Waals surface area contributed by atoms with Gasteiger partial charge in [0.05, 0.1) is 16.1 Å². The van der Waals surface area contributed by atoms with Crippen molar-refractivity contribution in [3.63, 3.8) is 0 Å². The van der Waals surface area contributed by atoms with Gasteiger partial charge >= 0.3 is 6.18 Å². The van der Waals surface area contributed by atoms with E-state index in [0.29, 0.717) is 13.0 Å². The number of benzene rings is 2. The highest BCUT2D eigenvalue weighted by Gasteiger charge is 2.36. The van der Waals surface area contributed by atoms with Gasteiger partial charge in [0.25, 0.3) is 10.0 Å². The van der Waals surface area contributed by atoms with E-state index in [4.69, 9.17) is 4.74 Å². The van der Waals surface area contributed by atoms with Crippen molar-refractivity contribution < 1.29 is 26.3 Å². The van der Waals surface area contributed by atoms with Gasteiger partial charge in [-0.1, -0.05) is 6.07 Å². The molecule has 0 amide bonds. The monoisotopic (exact) mass is 454 g/mol. The number of hydrogen-bond donors (Lipinski definition) is 1. The number of hydrogen-bond acceptors (Lipinski definition) is 4. The summed E-state index contributed by atoms with van der Waals surface area (Å²) in [6.07, 6.45) is -0.512. The molecule has 1 fully saturated rings. The smallest absolute Gasteiger partial charge is 0.419 e. The van der Waals surface area contributed by atoms with Crippen LogP contribution in [-0.4, -0.2) is 39.6 Å². The first-order valence-electron chi connectivity index (χ1n) is 10.3. The maximum atomic E-state index is 13.5. The van der Waals surface area contributed by atoms with Crippen LogP contribution in [0.15, 0.2) is 41.3 Å². The molecule has 1 aliphatic carbocycles. The lowest BCUT2D eigenvalue weighted by atomic mass is 9.92. The van der Waals surface area contributed by atoms with E-state index in [1.165, 1.54) is 0 Å². The Morgan fingerprint density at radius 3 is 2.48 bits per heavy atom. The van der Waals surface area contributed by atoms with Gasteiger partial charge in [0.15, 0.2) is 0 Å². The lowest BCUT2D eigenvalue weighted by Crippen LogP contribution is -2.23. The number of nitrogens with one attached hydrogen (secondary N) is 1. The van der Waals surface area contributed by atoms with Crippen molar-refractivity contribution in [3.05, 3.63) is 53.1 Å². The molecule has 2 aromatic rings. The summed E-state index contributed by atoms with van der Waals surface area (Å²) in [5.74, 6) is -0.363. The first-order valence-corrected chi connectivity index (χ1v) is 11.8. The number of rotatable bonds is 5. The van der Waals surface area contributed by atoms with Crippen molar-refractivity contribution in [2.45, 2.75) is 49.3 Å². The van der Waals surface area contributed by atoms with Crippen LogP contribution in [0.1, 0.15) is 36.0 Å². The third-order valence-electron chi connectivity index (χ3n) is 5.81. The fraction of sp³-hybridized carbons (Fsp3) is 0.455. The van der Waals surface area contributed by atoms with Crippen LogP contribution in [-0.2, 0) is 29.0 Å². The first kappa shape index (κ1) is 22.0. The molecule has 0 radical (unpaired) electrons. The van der Waals surface area contributed by atoms with E-state index >= 15 is 0 Å². The molecule has 5 nitrogen and oxygen atoms in total. The van der Waals surface area contributed by atoms with Crippen LogP contribution in [0.5, 0.6) is 5.75 Å². The van der Waals surface area contributed by atoms with Crippen LogP contribution >= 0.6 is 0 Å². The van der Waals surface area contributed by atoms with Gasteiger partial charge in [-0.15, -0.1) is 0 Å². The van der Waals surface area contributed by atoms with E-state index in [0.717, 1.165) is 61.6 Å². The molecule has 1 N–H and O–H groups in total. The van der Waals surface area contributed by atoms with Crippen molar-refractivity contribution >= 4 is 15.7 Å². The lowest BCUT2D eigenvalue weighted by molar-refractivity contribution is -0.139. The van der Waals surface area contributed by atoms with Gasteiger partial charge in [0.1, 0.15) is 11.9 Å². The number of halogens is 3. The summed E-state index contributed by atoms with van der Waals surface area (Å²) in [6, 6.07) is 8.12. The highest BCUT2D eigenvalue weighted by molar-refractivity contribution is 7.92. The molecule has 1 heterocycles. The van der Waals surface area contributed by atoms with E-state index in [2.05, 4.69) is 4.72 Å². The minimum absolute atomic E-state index is 0.0343. The quantitative estimate of drug-likeness (QED) is 0.725. The van der Waals surface area contributed by atoms with Crippen molar-refractivity contribution in [1.29, 1.82) is 0 Å². The summed E-state index contributed by atoms with van der Waals surface area (Å²) in [5, 5.41) is 0. The molecular weight excluding hydrogens is 429 g/mol. The number of likely N-dealkylation sites (tertiary alicyclic amines) is 1. The Morgan fingerprint density at radius 2 is 1.81 bits per heavy atom. The summed E-state index contributed by atoms with van der Waals surface area (Å²) < 4.78 is 74.2. The van der Waals surface area contributed by atoms with Crippen LogP contribution in [0.3, 0.4) is 0 Å². The second kappa shape index (κ2) is 8.35. The van der Waals surface area contributed by atoms with Crippen LogP contribution in [0.2, 0.25) is 0 Å². The summed E-state index contributed by atoms with van der Waals surface area (Å²) in [6.45, 7) is 1.25. The Morgan fingerprint density at radius 1 is 1.06 bits per heavy atom. The van der Waals surface area contributed by atoms with Gasteiger partial charge in [-0.2, -0.15) is 13.2 Å². The van der Waals surface area contributed by atoms with Crippen molar-refractivity contribution in [2.75, 3.05) is 24.9 Å². The molecule has 4 rings (SSSR count). The van der Waals surface area contributed by atoms with E-state index in [9.17, 15) is 21.6 Å². The Hall–Kier alpha value is -2.26. The predicted molar refractivity (Wildman–Crippen MR) is 112 cm³/mol. The molecule has 168 valence electrons. The molecule has 0 aromatic heterocycles. The average molecular weight is 455 g/mol. The molecule has 0 bridgehead atoms. The number of fused-ring (bicyclic) bond motifs is 1. The zero-order chi connectivity index (χ0) is 22.2. The number of sulfonamides is 1. The topological polar surface area (TPSA) is 58.6 Å². The molecule has 9 heteroatoms. The van der Waals surface area contributed by atoms with Gasteiger partial charge < -0.3 is 9.64 Å². The van der Waals surface area contributed by atoms with E-state index in [1.54, 1.807) is 12.1 Å². The van der Waals surface area contributed by atoms with Crippen molar-refractivity contribution in [2.24, 2.45) is 0 Å². The maximum absolute atomic E-state index is 13.5.